The van der Waals surface area contributed by atoms with Crippen molar-refractivity contribution in [2.45, 2.75) is 72.1 Å². The normalized spacial score (nSPS) is 29.3. The lowest BCUT2D eigenvalue weighted by molar-refractivity contribution is -0.155. The van der Waals surface area contributed by atoms with Crippen molar-refractivity contribution in [3.05, 3.63) is 53.8 Å². The molecule has 9 nitrogen and oxygen atoms in total. The van der Waals surface area contributed by atoms with Gasteiger partial charge in [0.15, 0.2) is 11.6 Å². The number of allylic oxidation sites excluding steroid dienone is 3. The van der Waals surface area contributed by atoms with E-state index in [-0.39, 0.29) is 35.7 Å². The van der Waals surface area contributed by atoms with Crippen LogP contribution in [0.15, 0.2) is 46.6 Å². The summed E-state index contributed by atoms with van der Waals surface area (Å²) in [5.41, 5.74) is 1.04. The van der Waals surface area contributed by atoms with E-state index in [0.29, 0.717) is 19.4 Å². The zero-order valence-electron chi connectivity index (χ0n) is 21.1. The second kappa shape index (κ2) is 13.6. The molecule has 2 rings (SSSR count). The van der Waals surface area contributed by atoms with Crippen molar-refractivity contribution in [2.24, 2.45) is 11.8 Å². The molecule has 9 heteroatoms. The minimum Gasteiger partial charge on any atom is -0.460 e. The molecule has 2 amide bonds. The van der Waals surface area contributed by atoms with Crippen LogP contribution in [-0.2, 0) is 20.7 Å². The maximum absolute atomic E-state index is 12.7. The summed E-state index contributed by atoms with van der Waals surface area (Å²) in [6.07, 6.45) is 10.3. The zero-order valence-corrected chi connectivity index (χ0v) is 21.1. The molecule has 35 heavy (non-hydrogen) atoms. The molecule has 1 aromatic rings. The molecule has 1 aromatic heterocycles. The molecule has 2 heterocycles. The predicted octanol–water partition coefficient (Wildman–Crippen LogP) is 2.87. The van der Waals surface area contributed by atoms with Gasteiger partial charge in [-0.15, -0.1) is 0 Å². The van der Waals surface area contributed by atoms with Crippen LogP contribution in [0.5, 0.6) is 0 Å². The molecule has 0 aromatic carbocycles. The van der Waals surface area contributed by atoms with Gasteiger partial charge >= 0.3 is 5.97 Å². The molecule has 0 unspecified atom stereocenters. The second-order valence-electron chi connectivity index (χ2n) is 9.22. The van der Waals surface area contributed by atoms with Gasteiger partial charge in [-0.05, 0) is 38.7 Å². The van der Waals surface area contributed by atoms with Gasteiger partial charge in [0.25, 0.3) is 5.91 Å². The van der Waals surface area contributed by atoms with Gasteiger partial charge in [0.2, 0.25) is 5.91 Å². The molecule has 0 aliphatic carbocycles. The number of carbonyl (C=O) groups is 3. The van der Waals surface area contributed by atoms with Gasteiger partial charge in [0.1, 0.15) is 18.4 Å². The number of esters is 1. The van der Waals surface area contributed by atoms with Gasteiger partial charge in [-0.2, -0.15) is 0 Å². The quantitative estimate of drug-likeness (QED) is 0.519. The Bertz CT molecular complexity index is 962. The molecule has 0 radical (unpaired) electrons. The Morgan fingerprint density at radius 3 is 2.63 bits per heavy atom. The summed E-state index contributed by atoms with van der Waals surface area (Å²) in [7, 11) is 0. The maximum atomic E-state index is 12.7. The first-order chi connectivity index (χ1) is 16.6. The molecule has 0 fully saturated rings. The first-order valence-corrected chi connectivity index (χ1v) is 12.0. The molecule has 1 aliphatic heterocycles. The fraction of sp³-hybridized carbons (Fsp3) is 0.538. The third-order valence-corrected chi connectivity index (χ3v) is 5.62. The molecule has 4 atom stereocenters. The van der Waals surface area contributed by atoms with Crippen molar-refractivity contribution >= 4 is 17.8 Å². The molecule has 1 aliphatic rings. The van der Waals surface area contributed by atoms with Crippen LogP contribution in [-0.4, -0.2) is 52.7 Å². The first-order valence-electron chi connectivity index (χ1n) is 12.0. The number of aliphatic hydroxyl groups is 1. The van der Waals surface area contributed by atoms with E-state index in [2.05, 4.69) is 15.6 Å². The Kier molecular flexibility index (Phi) is 10.9. The molecule has 3 N–H and O–H groups in total. The van der Waals surface area contributed by atoms with E-state index in [9.17, 15) is 19.5 Å². The number of fused-ring (bicyclic) bond motifs is 2. The highest BCUT2D eigenvalue weighted by atomic mass is 16.5. The Morgan fingerprint density at radius 2 is 1.91 bits per heavy atom. The van der Waals surface area contributed by atoms with Gasteiger partial charge in [-0.1, -0.05) is 50.6 Å². The highest BCUT2D eigenvalue weighted by Crippen LogP contribution is 2.19. The van der Waals surface area contributed by atoms with E-state index >= 15 is 0 Å². The Hall–Kier alpha value is -3.20. The van der Waals surface area contributed by atoms with Crippen LogP contribution in [0, 0.1) is 11.8 Å². The van der Waals surface area contributed by atoms with Crippen LogP contribution in [0.25, 0.3) is 0 Å². The fourth-order valence-electron chi connectivity index (χ4n) is 3.61. The summed E-state index contributed by atoms with van der Waals surface area (Å²) in [6, 6.07) is -0.919. The number of rotatable bonds is 1. The van der Waals surface area contributed by atoms with Crippen molar-refractivity contribution in [2.75, 3.05) is 6.54 Å². The van der Waals surface area contributed by atoms with Gasteiger partial charge in [-0.3, -0.25) is 9.59 Å². The Labute approximate surface area is 206 Å². The topological polar surface area (TPSA) is 131 Å². The first kappa shape index (κ1) is 28.0. The van der Waals surface area contributed by atoms with E-state index in [4.69, 9.17) is 9.15 Å². The van der Waals surface area contributed by atoms with Gasteiger partial charge in [0.05, 0.1) is 12.5 Å². The van der Waals surface area contributed by atoms with Crippen molar-refractivity contribution < 1.29 is 28.6 Å². The number of hydrogen-bond donors (Lipinski definition) is 3. The smallest absolute Gasteiger partial charge is 0.328 e. The number of aromatic nitrogens is 1. The van der Waals surface area contributed by atoms with Crippen molar-refractivity contribution in [3.8, 4) is 0 Å². The molecule has 0 spiro atoms. The number of nitrogens with zero attached hydrogens (tertiary/aromatic N) is 1. The standard InChI is InChI=1S/C26H37N3O6/c1-16(2)24-18(4)11-12-22(31)27-13-7-9-17(3)8-6-10-20(30)14-23-29-21(15-34-23)25(32)28-19(5)26(33)35-24/h7-9,11-12,15-16,18-20,24,30H,6,10,13-14H2,1-5H3,(H,27,31)(H,28,32)/b9-7+,12-11-,17-8+/t18-,19-,20+,24-/m1/s1. The lowest BCUT2D eigenvalue weighted by Gasteiger charge is -2.27. The van der Waals surface area contributed by atoms with E-state index in [1.54, 1.807) is 6.08 Å². The average Bonchev–Trinajstić information content (AvgIpc) is 3.26. The molecule has 192 valence electrons. The van der Waals surface area contributed by atoms with E-state index in [0.717, 1.165) is 5.57 Å². The summed E-state index contributed by atoms with van der Waals surface area (Å²) in [5, 5.41) is 15.6. The Balaban J connectivity index is 2.20. The summed E-state index contributed by atoms with van der Waals surface area (Å²) >= 11 is 0. The number of amides is 2. The monoisotopic (exact) mass is 487 g/mol. The van der Waals surface area contributed by atoms with Crippen LogP contribution in [0.4, 0.5) is 0 Å². The average molecular weight is 488 g/mol. The molecular formula is C26H37N3O6. The largest absolute Gasteiger partial charge is 0.460 e. The summed E-state index contributed by atoms with van der Waals surface area (Å²) in [4.78, 5) is 41.5. The summed E-state index contributed by atoms with van der Waals surface area (Å²) < 4.78 is 11.0. The highest BCUT2D eigenvalue weighted by molar-refractivity contribution is 5.94. The number of carbonyl (C=O) groups excluding carboxylic acids is 3. The van der Waals surface area contributed by atoms with Gasteiger partial charge in [-0.25, -0.2) is 9.78 Å². The number of aliphatic hydroxyl groups excluding tert-OH is 1. The number of nitrogens with one attached hydrogen (secondary N) is 2. The lowest BCUT2D eigenvalue weighted by Crippen LogP contribution is -2.42. The van der Waals surface area contributed by atoms with Crippen molar-refractivity contribution in [1.29, 1.82) is 0 Å². The zero-order chi connectivity index (χ0) is 26.0. The molecule has 2 bridgehead atoms. The fourth-order valence-corrected chi connectivity index (χ4v) is 3.61. The van der Waals surface area contributed by atoms with Gasteiger partial charge in [0, 0.05) is 12.5 Å². The molecular weight excluding hydrogens is 450 g/mol. The van der Waals surface area contributed by atoms with Gasteiger partial charge < -0.3 is 24.9 Å². The predicted molar refractivity (Wildman–Crippen MR) is 131 cm³/mol. The van der Waals surface area contributed by atoms with Crippen LogP contribution < -0.4 is 10.6 Å². The third-order valence-electron chi connectivity index (χ3n) is 5.62. The number of ether oxygens (including phenoxy) is 1. The van der Waals surface area contributed by atoms with Crippen LogP contribution in [0.2, 0.25) is 0 Å². The SMILES string of the molecule is CC1=C\CC[C@H](O)Cc2nc(co2)C(=O)N[C@H](C)C(=O)O[C@H](C(C)C)[C@H](C)/C=C\C(=O)NC\C=C\1. The highest BCUT2D eigenvalue weighted by Gasteiger charge is 2.27. The van der Waals surface area contributed by atoms with Crippen LogP contribution in [0.3, 0.4) is 0 Å². The van der Waals surface area contributed by atoms with E-state index in [1.807, 2.05) is 45.9 Å². The van der Waals surface area contributed by atoms with E-state index < -0.39 is 30.1 Å². The number of oxazole rings is 1. The van der Waals surface area contributed by atoms with Crippen LogP contribution in [0.1, 0.15) is 63.8 Å². The number of hydrogen-bond acceptors (Lipinski definition) is 7. The minimum absolute atomic E-state index is 0.0127. The van der Waals surface area contributed by atoms with Crippen molar-refractivity contribution in [1.82, 2.24) is 15.6 Å². The summed E-state index contributed by atoms with van der Waals surface area (Å²) in [5.74, 6) is -1.40. The lowest BCUT2D eigenvalue weighted by atomic mass is 9.94. The van der Waals surface area contributed by atoms with E-state index in [1.165, 1.54) is 19.3 Å². The maximum Gasteiger partial charge on any atom is 0.328 e. The van der Waals surface area contributed by atoms with Crippen molar-refractivity contribution in [3.63, 3.8) is 0 Å². The second-order valence-corrected chi connectivity index (χ2v) is 9.22. The molecule has 0 saturated heterocycles. The van der Waals surface area contributed by atoms with Crippen LogP contribution >= 0.6 is 0 Å². The summed E-state index contributed by atoms with van der Waals surface area (Å²) in [6.45, 7) is 9.56. The molecule has 0 saturated carbocycles. The Morgan fingerprint density at radius 1 is 1.17 bits per heavy atom. The number of cyclic esters (lactones) is 1. The minimum atomic E-state index is -0.919. The third kappa shape index (κ3) is 9.52.